The fourth-order valence-corrected chi connectivity index (χ4v) is 5.35. The van der Waals surface area contributed by atoms with E-state index in [2.05, 4.69) is 0 Å². The van der Waals surface area contributed by atoms with Crippen LogP contribution < -0.4 is 14.2 Å². The molecule has 180 valence electrons. The minimum atomic E-state index is -2.26. The molecule has 0 saturated carbocycles. The summed E-state index contributed by atoms with van der Waals surface area (Å²) in [5.74, 6) is -1.81. The number of aliphatic hydroxyl groups excluding tert-OH is 1. The topological polar surface area (TPSA) is 115 Å². The fourth-order valence-electron chi connectivity index (χ4n) is 5.35. The Bertz CT molecular complexity index is 1330. The number of carbonyl (C=O) groups is 1. The highest BCUT2D eigenvalue weighted by molar-refractivity contribution is 5.94. The number of methoxy groups -OCH3 is 3. The summed E-state index contributed by atoms with van der Waals surface area (Å²) in [7, 11) is 4.11. The molecule has 8 nitrogen and oxygen atoms in total. The van der Waals surface area contributed by atoms with Crippen molar-refractivity contribution in [2.24, 2.45) is 0 Å². The molecule has 2 aliphatic rings. The SMILES string of the molecule is COC(=O)C1=C(O)C2(O)c3c(OC)cc(O)cc3OC2(c2ccc(OC)cc2)C1c1ccccc1. The molecule has 0 spiro atoms. The summed E-state index contributed by atoms with van der Waals surface area (Å²) in [5, 5.41) is 34.4. The van der Waals surface area contributed by atoms with Gasteiger partial charge >= 0.3 is 5.97 Å². The molecule has 3 atom stereocenters. The van der Waals surface area contributed by atoms with Crippen molar-refractivity contribution in [3.8, 4) is 23.0 Å². The Morgan fingerprint density at radius 1 is 0.943 bits per heavy atom. The first-order chi connectivity index (χ1) is 16.8. The van der Waals surface area contributed by atoms with Crippen LogP contribution in [-0.2, 0) is 20.7 Å². The Kier molecular flexibility index (Phi) is 5.14. The number of benzene rings is 3. The van der Waals surface area contributed by atoms with Gasteiger partial charge in [0, 0.05) is 17.7 Å². The predicted octanol–water partition coefficient (Wildman–Crippen LogP) is 3.67. The number of rotatable bonds is 5. The van der Waals surface area contributed by atoms with Gasteiger partial charge in [-0.05, 0) is 17.7 Å². The van der Waals surface area contributed by atoms with Crippen LogP contribution in [0.15, 0.2) is 78.1 Å². The Hall–Kier alpha value is -4.17. The molecule has 1 aliphatic heterocycles. The van der Waals surface area contributed by atoms with Crippen molar-refractivity contribution in [3.05, 3.63) is 94.8 Å². The summed E-state index contributed by atoms with van der Waals surface area (Å²) < 4.78 is 22.3. The molecule has 0 amide bonds. The van der Waals surface area contributed by atoms with Gasteiger partial charge in [-0.15, -0.1) is 0 Å². The van der Waals surface area contributed by atoms with Crippen LogP contribution in [0.4, 0.5) is 0 Å². The first-order valence-electron chi connectivity index (χ1n) is 10.9. The van der Waals surface area contributed by atoms with E-state index in [4.69, 9.17) is 18.9 Å². The highest BCUT2D eigenvalue weighted by Gasteiger charge is 2.74. The van der Waals surface area contributed by atoms with Crippen LogP contribution in [0.2, 0.25) is 0 Å². The zero-order valence-corrected chi connectivity index (χ0v) is 19.3. The minimum Gasteiger partial charge on any atom is -0.508 e. The van der Waals surface area contributed by atoms with Crippen LogP contribution in [0.3, 0.4) is 0 Å². The summed E-state index contributed by atoms with van der Waals surface area (Å²) >= 11 is 0. The average molecular weight is 476 g/mol. The summed E-state index contributed by atoms with van der Waals surface area (Å²) in [6.07, 6.45) is 0. The van der Waals surface area contributed by atoms with Crippen molar-refractivity contribution < 1.29 is 39.1 Å². The monoisotopic (exact) mass is 476 g/mol. The molecule has 3 unspecified atom stereocenters. The van der Waals surface area contributed by atoms with Gasteiger partial charge in [0.25, 0.3) is 0 Å². The highest BCUT2D eigenvalue weighted by atomic mass is 16.5. The van der Waals surface area contributed by atoms with Gasteiger partial charge < -0.3 is 34.3 Å². The van der Waals surface area contributed by atoms with E-state index in [0.29, 0.717) is 16.9 Å². The van der Waals surface area contributed by atoms with E-state index in [1.807, 2.05) is 6.07 Å². The Morgan fingerprint density at radius 3 is 2.23 bits per heavy atom. The summed E-state index contributed by atoms with van der Waals surface area (Å²) in [4.78, 5) is 13.1. The van der Waals surface area contributed by atoms with Crippen LogP contribution in [0.5, 0.6) is 23.0 Å². The molecule has 5 rings (SSSR count). The molecular formula is C27H24O8. The van der Waals surface area contributed by atoms with Crippen molar-refractivity contribution in [3.63, 3.8) is 0 Å². The van der Waals surface area contributed by atoms with Gasteiger partial charge in [0.1, 0.15) is 28.8 Å². The van der Waals surface area contributed by atoms with Gasteiger partial charge in [0.05, 0.1) is 38.4 Å². The largest absolute Gasteiger partial charge is 0.508 e. The Morgan fingerprint density at radius 2 is 1.63 bits per heavy atom. The Balaban J connectivity index is 1.91. The molecule has 1 aliphatic carbocycles. The summed E-state index contributed by atoms with van der Waals surface area (Å²) in [6.45, 7) is 0. The third kappa shape index (κ3) is 2.86. The maximum atomic E-state index is 13.1. The number of esters is 1. The van der Waals surface area contributed by atoms with E-state index in [-0.39, 0.29) is 28.4 Å². The van der Waals surface area contributed by atoms with E-state index >= 15 is 0 Å². The normalized spacial score (nSPS) is 24.4. The van der Waals surface area contributed by atoms with Crippen LogP contribution in [0, 0.1) is 0 Å². The third-order valence-corrected chi connectivity index (χ3v) is 6.79. The number of phenolic OH excluding ortho intramolecular Hbond substituents is 1. The zero-order chi connectivity index (χ0) is 25.0. The van der Waals surface area contributed by atoms with Crippen molar-refractivity contribution in [1.82, 2.24) is 0 Å². The van der Waals surface area contributed by atoms with Crippen molar-refractivity contribution in [2.75, 3.05) is 21.3 Å². The van der Waals surface area contributed by atoms with Crippen molar-refractivity contribution >= 4 is 5.97 Å². The van der Waals surface area contributed by atoms with Crippen LogP contribution >= 0.6 is 0 Å². The summed E-state index contributed by atoms with van der Waals surface area (Å²) in [6, 6.07) is 18.4. The number of phenols is 1. The lowest BCUT2D eigenvalue weighted by molar-refractivity contribution is -0.137. The van der Waals surface area contributed by atoms with Crippen LogP contribution in [0.25, 0.3) is 0 Å². The standard InChI is InChI=1S/C27H24O8/c1-32-18-11-9-16(10-12-18)27-22(15-7-5-4-6-8-15)21(25(30)34-3)24(29)26(27,31)23-19(33-2)13-17(28)14-20(23)35-27/h4-14,22,28-29,31H,1-3H3. The van der Waals surface area contributed by atoms with E-state index in [1.165, 1.54) is 33.5 Å². The van der Waals surface area contributed by atoms with Crippen molar-refractivity contribution in [1.29, 1.82) is 0 Å². The fraction of sp³-hybridized carbons (Fsp3) is 0.222. The molecule has 3 N–H and O–H groups in total. The maximum Gasteiger partial charge on any atom is 0.338 e. The smallest absolute Gasteiger partial charge is 0.338 e. The number of hydrogen-bond donors (Lipinski definition) is 3. The second kappa shape index (κ2) is 7.95. The van der Waals surface area contributed by atoms with Gasteiger partial charge in [0.15, 0.2) is 11.2 Å². The third-order valence-electron chi connectivity index (χ3n) is 6.79. The molecule has 8 heteroatoms. The second-order valence-corrected chi connectivity index (χ2v) is 8.40. The lowest BCUT2D eigenvalue weighted by Crippen LogP contribution is -2.50. The van der Waals surface area contributed by atoms with Gasteiger partial charge in [-0.2, -0.15) is 0 Å². The average Bonchev–Trinajstić information content (AvgIpc) is 3.26. The Labute approximate surface area is 201 Å². The lowest BCUT2D eigenvalue weighted by Gasteiger charge is -2.40. The van der Waals surface area contributed by atoms with E-state index in [0.717, 1.165) is 0 Å². The number of ether oxygens (including phenoxy) is 4. The number of fused-ring (bicyclic) bond motifs is 3. The van der Waals surface area contributed by atoms with Crippen molar-refractivity contribution in [2.45, 2.75) is 17.1 Å². The zero-order valence-electron chi connectivity index (χ0n) is 19.3. The molecule has 0 saturated heterocycles. The number of aliphatic hydroxyl groups is 2. The molecular weight excluding hydrogens is 452 g/mol. The maximum absolute atomic E-state index is 13.1. The van der Waals surface area contributed by atoms with Gasteiger partial charge in [-0.25, -0.2) is 4.79 Å². The van der Waals surface area contributed by atoms with Crippen LogP contribution in [-0.4, -0.2) is 42.6 Å². The first kappa shape index (κ1) is 22.6. The molecule has 35 heavy (non-hydrogen) atoms. The highest BCUT2D eigenvalue weighted by Crippen LogP contribution is 2.69. The minimum absolute atomic E-state index is 0.0855. The molecule has 0 fully saturated rings. The number of carbonyl (C=O) groups excluding carboxylic acids is 1. The number of aromatic hydroxyl groups is 1. The van der Waals surface area contributed by atoms with Gasteiger partial charge in [-0.1, -0.05) is 42.5 Å². The molecule has 0 radical (unpaired) electrons. The van der Waals surface area contributed by atoms with Gasteiger partial charge in [-0.3, -0.25) is 0 Å². The van der Waals surface area contributed by atoms with E-state index < -0.39 is 28.8 Å². The number of hydrogen-bond acceptors (Lipinski definition) is 8. The molecule has 1 heterocycles. The predicted molar refractivity (Wildman–Crippen MR) is 125 cm³/mol. The van der Waals surface area contributed by atoms with Gasteiger partial charge in [0.2, 0.25) is 0 Å². The van der Waals surface area contributed by atoms with E-state index in [1.54, 1.807) is 48.5 Å². The molecule has 3 aromatic carbocycles. The van der Waals surface area contributed by atoms with Crippen LogP contribution in [0.1, 0.15) is 22.6 Å². The molecule has 3 aromatic rings. The quantitative estimate of drug-likeness (QED) is 0.478. The molecule has 0 aromatic heterocycles. The molecule has 0 bridgehead atoms. The van der Waals surface area contributed by atoms with E-state index in [9.17, 15) is 20.1 Å². The second-order valence-electron chi connectivity index (χ2n) is 8.40. The summed E-state index contributed by atoms with van der Waals surface area (Å²) in [5.41, 5.74) is -3.01. The first-order valence-corrected chi connectivity index (χ1v) is 10.9. The lowest BCUT2D eigenvalue weighted by atomic mass is 9.69.